The molecule has 0 aliphatic rings. The molecule has 0 atom stereocenters. The summed E-state index contributed by atoms with van der Waals surface area (Å²) in [6.45, 7) is 0.444. The number of nitrogens with zero attached hydrogens (tertiary/aromatic N) is 4. The van der Waals surface area contributed by atoms with Crippen LogP contribution in [0.3, 0.4) is 0 Å². The molecule has 21 heavy (non-hydrogen) atoms. The molecular weight excluding hydrogens is 270 g/mol. The minimum Gasteiger partial charge on any atom is -0.493 e. The molecule has 104 valence electrons. The van der Waals surface area contributed by atoms with Crippen LogP contribution in [-0.2, 0) is 6.42 Å². The Hall–Kier alpha value is -3.14. The van der Waals surface area contributed by atoms with Crippen LogP contribution in [0.2, 0.25) is 0 Å². The fourth-order valence-electron chi connectivity index (χ4n) is 1.78. The number of aromatic nitrogens is 4. The molecule has 0 saturated heterocycles. The molecule has 0 saturated carbocycles. The van der Waals surface area contributed by atoms with Crippen LogP contribution in [0.4, 0.5) is 0 Å². The molecule has 1 aromatic carbocycles. The lowest BCUT2D eigenvalue weighted by atomic mass is 10.2. The minimum atomic E-state index is 0.273. The topological polar surface area (TPSA) is 101 Å². The molecule has 0 spiro atoms. The maximum atomic E-state index is 8.91. The van der Waals surface area contributed by atoms with E-state index in [4.69, 9.17) is 14.5 Å². The van der Waals surface area contributed by atoms with Crippen molar-refractivity contribution in [3.05, 3.63) is 48.0 Å². The number of rotatable bonds is 5. The Morgan fingerprint density at radius 2 is 2.14 bits per heavy atom. The number of benzene rings is 1. The molecule has 0 aliphatic carbocycles. The van der Waals surface area contributed by atoms with E-state index in [9.17, 15) is 0 Å². The van der Waals surface area contributed by atoms with Crippen molar-refractivity contribution < 1.29 is 9.26 Å². The van der Waals surface area contributed by atoms with Gasteiger partial charge in [-0.05, 0) is 12.1 Å². The van der Waals surface area contributed by atoms with Crippen molar-refractivity contribution in [2.45, 2.75) is 6.42 Å². The summed E-state index contributed by atoms with van der Waals surface area (Å²) in [5.41, 5.74) is 0.797. The summed E-state index contributed by atoms with van der Waals surface area (Å²) in [6.07, 6.45) is 1.99. The van der Waals surface area contributed by atoms with Gasteiger partial charge in [-0.3, -0.25) is 5.10 Å². The van der Waals surface area contributed by atoms with E-state index in [-0.39, 0.29) is 5.89 Å². The second-order valence-corrected chi connectivity index (χ2v) is 4.20. The number of ether oxygens (including phenoxy) is 1. The minimum absolute atomic E-state index is 0.273. The van der Waals surface area contributed by atoms with Gasteiger partial charge in [0.25, 0.3) is 5.89 Å². The van der Waals surface area contributed by atoms with Crippen molar-refractivity contribution in [3.63, 3.8) is 0 Å². The second-order valence-electron chi connectivity index (χ2n) is 4.20. The van der Waals surface area contributed by atoms with Crippen LogP contribution in [0.5, 0.6) is 5.75 Å². The Labute approximate surface area is 120 Å². The molecule has 7 nitrogen and oxygen atoms in total. The van der Waals surface area contributed by atoms with Crippen molar-refractivity contribution >= 4 is 0 Å². The largest absolute Gasteiger partial charge is 0.493 e. The maximum absolute atomic E-state index is 8.91. The predicted octanol–water partition coefficient (Wildman–Crippen LogP) is 1.95. The van der Waals surface area contributed by atoms with Crippen LogP contribution < -0.4 is 4.74 Å². The molecule has 2 heterocycles. The average molecular weight is 281 g/mol. The Balaban J connectivity index is 1.62. The molecule has 0 unspecified atom stereocenters. The lowest BCUT2D eigenvalue weighted by Crippen LogP contribution is -2.02. The molecule has 2 aromatic heterocycles. The van der Waals surface area contributed by atoms with E-state index in [1.807, 2.05) is 36.4 Å². The van der Waals surface area contributed by atoms with Gasteiger partial charge in [-0.1, -0.05) is 23.4 Å². The summed E-state index contributed by atoms with van der Waals surface area (Å²) in [6, 6.07) is 11.5. The smallest absolute Gasteiger partial charge is 0.262 e. The Morgan fingerprint density at radius 1 is 1.29 bits per heavy atom. The zero-order chi connectivity index (χ0) is 14.5. The number of hydrogen-bond acceptors (Lipinski definition) is 6. The van der Waals surface area contributed by atoms with Gasteiger partial charge in [0.15, 0.2) is 5.82 Å². The van der Waals surface area contributed by atoms with Crippen LogP contribution in [0.25, 0.3) is 11.5 Å². The number of aromatic amines is 1. The van der Waals surface area contributed by atoms with Gasteiger partial charge in [-0.15, -0.1) is 0 Å². The highest BCUT2D eigenvalue weighted by atomic mass is 16.5. The lowest BCUT2D eigenvalue weighted by Gasteiger charge is -2.02. The molecule has 0 radical (unpaired) electrons. The van der Waals surface area contributed by atoms with Crippen molar-refractivity contribution in [2.24, 2.45) is 0 Å². The third-order valence-corrected chi connectivity index (χ3v) is 2.79. The highest BCUT2D eigenvalue weighted by molar-refractivity contribution is 5.58. The summed E-state index contributed by atoms with van der Waals surface area (Å²) in [5, 5.41) is 19.1. The Bertz CT molecular complexity index is 757. The zero-order valence-electron chi connectivity index (χ0n) is 11.0. The fraction of sp³-hybridized carbons (Fsp3) is 0.143. The molecule has 3 aromatic rings. The monoisotopic (exact) mass is 281 g/mol. The predicted molar refractivity (Wildman–Crippen MR) is 72.2 cm³/mol. The normalized spacial score (nSPS) is 10.2. The Kier molecular flexibility index (Phi) is 3.60. The van der Waals surface area contributed by atoms with E-state index in [0.29, 0.717) is 30.1 Å². The van der Waals surface area contributed by atoms with Gasteiger partial charge in [0.1, 0.15) is 17.5 Å². The first kappa shape index (κ1) is 12.9. The van der Waals surface area contributed by atoms with Crippen LogP contribution in [0.1, 0.15) is 11.5 Å². The molecule has 3 rings (SSSR count). The molecule has 0 aliphatic heterocycles. The maximum Gasteiger partial charge on any atom is 0.262 e. The van der Waals surface area contributed by atoms with E-state index in [1.165, 1.54) is 6.20 Å². The number of nitrogens with one attached hydrogen (secondary N) is 1. The van der Waals surface area contributed by atoms with Crippen molar-refractivity contribution in [3.8, 4) is 23.3 Å². The Morgan fingerprint density at radius 3 is 2.95 bits per heavy atom. The molecule has 0 fully saturated rings. The van der Waals surface area contributed by atoms with Gasteiger partial charge in [-0.2, -0.15) is 15.3 Å². The van der Waals surface area contributed by atoms with E-state index in [0.717, 1.165) is 5.75 Å². The first-order chi connectivity index (χ1) is 10.4. The molecule has 0 bridgehead atoms. The fourth-order valence-corrected chi connectivity index (χ4v) is 1.78. The molecule has 0 amide bonds. The number of para-hydroxylation sites is 1. The second kappa shape index (κ2) is 5.88. The number of hydrogen-bond donors (Lipinski definition) is 1. The first-order valence-corrected chi connectivity index (χ1v) is 6.31. The molecular formula is C14H11N5O2. The van der Waals surface area contributed by atoms with Crippen LogP contribution >= 0.6 is 0 Å². The summed E-state index contributed by atoms with van der Waals surface area (Å²) in [7, 11) is 0. The van der Waals surface area contributed by atoms with E-state index < -0.39 is 0 Å². The van der Waals surface area contributed by atoms with Crippen LogP contribution in [0.15, 0.2) is 41.1 Å². The van der Waals surface area contributed by atoms with E-state index in [2.05, 4.69) is 20.3 Å². The van der Waals surface area contributed by atoms with Gasteiger partial charge >= 0.3 is 0 Å². The van der Waals surface area contributed by atoms with Gasteiger partial charge in [0, 0.05) is 6.42 Å². The highest BCUT2D eigenvalue weighted by Crippen LogP contribution is 2.19. The summed E-state index contributed by atoms with van der Waals surface area (Å²) in [4.78, 5) is 4.22. The van der Waals surface area contributed by atoms with E-state index >= 15 is 0 Å². The lowest BCUT2D eigenvalue weighted by molar-refractivity contribution is 0.315. The molecule has 7 heteroatoms. The zero-order valence-corrected chi connectivity index (χ0v) is 11.0. The van der Waals surface area contributed by atoms with Gasteiger partial charge in [0.2, 0.25) is 0 Å². The SMILES string of the molecule is N#Cc1[nH]ncc1-c1nc(CCOc2ccccc2)no1. The number of H-pyrrole nitrogens is 1. The van der Waals surface area contributed by atoms with Crippen LogP contribution in [-0.4, -0.2) is 26.9 Å². The summed E-state index contributed by atoms with van der Waals surface area (Å²) < 4.78 is 10.7. The van der Waals surface area contributed by atoms with E-state index in [1.54, 1.807) is 0 Å². The summed E-state index contributed by atoms with van der Waals surface area (Å²) in [5.74, 6) is 1.59. The van der Waals surface area contributed by atoms with Crippen molar-refractivity contribution in [2.75, 3.05) is 6.61 Å². The standard InChI is InChI=1S/C14H11N5O2/c15-8-12-11(9-16-18-12)14-17-13(19-21-14)6-7-20-10-4-2-1-3-5-10/h1-5,9H,6-7H2,(H,16,18). The van der Waals surface area contributed by atoms with Crippen molar-refractivity contribution in [1.82, 2.24) is 20.3 Å². The van der Waals surface area contributed by atoms with Crippen LogP contribution in [0, 0.1) is 11.3 Å². The highest BCUT2D eigenvalue weighted by Gasteiger charge is 2.14. The molecule has 1 N–H and O–H groups in total. The quantitative estimate of drug-likeness (QED) is 0.767. The van der Waals surface area contributed by atoms with Gasteiger partial charge in [0.05, 0.1) is 18.4 Å². The van der Waals surface area contributed by atoms with Gasteiger partial charge in [-0.25, -0.2) is 0 Å². The van der Waals surface area contributed by atoms with Crippen molar-refractivity contribution in [1.29, 1.82) is 5.26 Å². The van der Waals surface area contributed by atoms with Gasteiger partial charge < -0.3 is 9.26 Å². The third-order valence-electron chi connectivity index (χ3n) is 2.79. The summed E-state index contributed by atoms with van der Waals surface area (Å²) >= 11 is 0. The number of nitriles is 1. The first-order valence-electron chi connectivity index (χ1n) is 6.31. The third kappa shape index (κ3) is 2.90. The average Bonchev–Trinajstić information content (AvgIpc) is 3.16.